The minimum atomic E-state index is -0.847. The molecule has 0 heterocycles. The van der Waals surface area contributed by atoms with Crippen LogP contribution in [0.25, 0.3) is 0 Å². The van der Waals surface area contributed by atoms with E-state index in [0.29, 0.717) is 7.18 Å². The van der Waals surface area contributed by atoms with Gasteiger partial charge in [-0.3, -0.25) is 4.39 Å². The third-order valence-electron chi connectivity index (χ3n) is 0.798. The predicted octanol–water partition coefficient (Wildman–Crippen LogP) is 3.20. The van der Waals surface area contributed by atoms with Gasteiger partial charge in [-0.05, 0) is 17.9 Å². The molecule has 0 rings (SSSR count). The van der Waals surface area contributed by atoms with E-state index in [2.05, 4.69) is 4.94 Å². The fourth-order valence-electron chi connectivity index (χ4n) is 0.0630. The topological polar surface area (TPSA) is 9.23 Å². The zero-order valence-corrected chi connectivity index (χ0v) is 7.62. The molecule has 0 aromatic heterocycles. The van der Waals surface area contributed by atoms with Gasteiger partial charge in [0.25, 0.3) is 0 Å². The van der Waals surface area contributed by atoms with Crippen LogP contribution in [0.5, 0.6) is 0 Å². The smallest absolute Gasteiger partial charge is 0.118 e. The van der Waals surface area contributed by atoms with Gasteiger partial charge in [0.05, 0.1) is 13.3 Å². The summed E-state index contributed by atoms with van der Waals surface area (Å²) in [5.41, 5.74) is 0. The van der Waals surface area contributed by atoms with E-state index in [-0.39, 0.29) is 6.10 Å². The summed E-state index contributed by atoms with van der Waals surface area (Å²) in [6.07, 6.45) is 0.501. The minimum Gasteiger partial charge on any atom is -0.255 e. The molecule has 0 aromatic carbocycles. The lowest BCUT2D eigenvalue weighted by Crippen LogP contribution is -1.97. The maximum atomic E-state index is 10.9. The Bertz CT molecular complexity index is 48.7. The standard InChI is InChI=1S/C4H9FO.C2H4F2.CH3F/c1-3-4(2)6-5;3-1-2-4;1-2/h4H,3H2,1-2H3;1-2H2;1H3. The van der Waals surface area contributed by atoms with Crippen LogP contribution in [0.2, 0.25) is 0 Å². The summed E-state index contributed by atoms with van der Waals surface area (Å²) in [5, 5.41) is 0. The first kappa shape index (κ1) is 17.7. The Morgan fingerprint density at radius 1 is 1.17 bits per heavy atom. The quantitative estimate of drug-likeness (QED) is 0.624. The monoisotopic (exact) mass is 192 g/mol. The Labute approximate surface area is 70.6 Å². The third-order valence-corrected chi connectivity index (χ3v) is 0.798. The zero-order chi connectivity index (χ0) is 10.4. The van der Waals surface area contributed by atoms with Crippen LogP contribution in [0, 0.1) is 0 Å². The lowest BCUT2D eigenvalue weighted by Gasteiger charge is -1.95. The lowest BCUT2D eigenvalue weighted by atomic mass is 10.3. The van der Waals surface area contributed by atoms with Crippen molar-refractivity contribution in [1.82, 2.24) is 0 Å². The van der Waals surface area contributed by atoms with Crippen molar-refractivity contribution in [1.29, 1.82) is 0 Å². The van der Waals surface area contributed by atoms with Gasteiger partial charge in [0, 0.05) is 0 Å². The Balaban J connectivity index is -0.000000118. The van der Waals surface area contributed by atoms with Crippen molar-refractivity contribution < 1.29 is 22.6 Å². The normalized spacial score (nSPS) is 10.2. The van der Waals surface area contributed by atoms with E-state index in [1.54, 1.807) is 6.92 Å². The van der Waals surface area contributed by atoms with Crippen LogP contribution >= 0.6 is 0 Å². The number of alkyl halides is 3. The highest BCUT2D eigenvalue weighted by molar-refractivity contribution is 4.36. The average molecular weight is 192 g/mol. The molecule has 5 heteroatoms. The molecule has 0 saturated heterocycles. The molecule has 0 bridgehead atoms. The van der Waals surface area contributed by atoms with Gasteiger partial charge >= 0.3 is 0 Å². The number of rotatable bonds is 3. The molecule has 1 unspecified atom stereocenters. The molecule has 0 N–H and O–H groups in total. The average Bonchev–Trinajstić information content (AvgIpc) is 2.20. The van der Waals surface area contributed by atoms with E-state index in [9.17, 15) is 17.7 Å². The van der Waals surface area contributed by atoms with Crippen LogP contribution in [0.3, 0.4) is 0 Å². The highest BCUT2D eigenvalue weighted by Gasteiger charge is 1.92. The molecular formula is C7H16F4O. The van der Waals surface area contributed by atoms with Crippen molar-refractivity contribution in [2.75, 3.05) is 20.5 Å². The largest absolute Gasteiger partial charge is 0.255 e. The number of hydrogen-bond donors (Lipinski definition) is 0. The Morgan fingerprint density at radius 2 is 1.50 bits per heavy atom. The van der Waals surface area contributed by atoms with Crippen LogP contribution in [-0.2, 0) is 4.94 Å². The van der Waals surface area contributed by atoms with Crippen molar-refractivity contribution in [2.24, 2.45) is 0 Å². The second-order valence-electron chi connectivity index (χ2n) is 1.69. The first-order chi connectivity index (χ1) is 5.72. The highest BCUT2D eigenvalue weighted by atomic mass is 19.3. The van der Waals surface area contributed by atoms with Crippen LogP contribution in [-0.4, -0.2) is 26.6 Å². The van der Waals surface area contributed by atoms with E-state index in [1.165, 1.54) is 0 Å². The van der Waals surface area contributed by atoms with Gasteiger partial charge in [-0.15, -0.1) is 0 Å². The molecule has 0 saturated carbocycles. The summed E-state index contributed by atoms with van der Waals surface area (Å²) >= 11 is 0. The maximum Gasteiger partial charge on any atom is 0.118 e. The molecule has 0 aliphatic rings. The summed E-state index contributed by atoms with van der Waals surface area (Å²) in [7, 11) is 0.500. The summed E-state index contributed by atoms with van der Waals surface area (Å²) in [6, 6.07) is 0. The van der Waals surface area contributed by atoms with Gasteiger partial charge in [0.2, 0.25) is 0 Å². The lowest BCUT2D eigenvalue weighted by molar-refractivity contribution is -0.172. The number of halogens is 4. The van der Waals surface area contributed by atoms with E-state index in [1.807, 2.05) is 6.92 Å². The first-order valence-corrected chi connectivity index (χ1v) is 3.50. The number of hydrogen-bond acceptors (Lipinski definition) is 1. The molecule has 0 aliphatic heterocycles. The maximum absolute atomic E-state index is 10.9. The van der Waals surface area contributed by atoms with Crippen LogP contribution < -0.4 is 0 Å². The Kier molecular flexibility index (Phi) is 33.0. The highest BCUT2D eigenvalue weighted by Crippen LogP contribution is 1.93. The van der Waals surface area contributed by atoms with Gasteiger partial charge in [0.15, 0.2) is 0 Å². The van der Waals surface area contributed by atoms with E-state index < -0.39 is 13.3 Å². The molecule has 1 nitrogen and oxygen atoms in total. The molecule has 1 atom stereocenters. The molecule has 78 valence electrons. The van der Waals surface area contributed by atoms with Crippen molar-refractivity contribution in [3.05, 3.63) is 0 Å². The predicted molar refractivity (Wildman–Crippen MR) is 40.9 cm³/mol. The van der Waals surface area contributed by atoms with Gasteiger partial charge in [-0.2, -0.15) is 4.94 Å². The van der Waals surface area contributed by atoms with Crippen LogP contribution in [0.4, 0.5) is 17.7 Å². The third kappa shape index (κ3) is 33.3. The van der Waals surface area contributed by atoms with Gasteiger partial charge < -0.3 is 0 Å². The second-order valence-corrected chi connectivity index (χ2v) is 1.69. The molecule has 0 aromatic rings. The molecule has 0 aliphatic carbocycles. The molecule has 0 spiro atoms. The fourth-order valence-corrected chi connectivity index (χ4v) is 0.0630. The van der Waals surface area contributed by atoms with E-state index >= 15 is 0 Å². The first-order valence-electron chi connectivity index (χ1n) is 3.50. The molecule has 0 fully saturated rings. The van der Waals surface area contributed by atoms with Crippen molar-refractivity contribution >= 4 is 0 Å². The summed E-state index contributed by atoms with van der Waals surface area (Å²) in [4.78, 5) is 3.40. The summed E-state index contributed by atoms with van der Waals surface area (Å²) < 4.78 is 41.1. The summed E-state index contributed by atoms with van der Waals surface area (Å²) in [6.45, 7) is 1.85. The molecular weight excluding hydrogens is 176 g/mol. The molecule has 12 heavy (non-hydrogen) atoms. The minimum absolute atomic E-state index is 0.231. The Hall–Kier alpha value is -0.320. The van der Waals surface area contributed by atoms with E-state index in [0.717, 1.165) is 6.42 Å². The van der Waals surface area contributed by atoms with Gasteiger partial charge in [-0.1, -0.05) is 6.92 Å². The van der Waals surface area contributed by atoms with Crippen molar-refractivity contribution in [2.45, 2.75) is 26.4 Å². The SMILES string of the molecule is CCC(C)OF.CF.FCCF. The Morgan fingerprint density at radius 3 is 1.50 bits per heavy atom. The van der Waals surface area contributed by atoms with Crippen LogP contribution in [0.15, 0.2) is 0 Å². The zero-order valence-electron chi connectivity index (χ0n) is 7.62. The van der Waals surface area contributed by atoms with Gasteiger partial charge in [0.1, 0.15) is 13.3 Å². The van der Waals surface area contributed by atoms with Gasteiger partial charge in [-0.25, -0.2) is 8.78 Å². The second kappa shape index (κ2) is 22.4. The van der Waals surface area contributed by atoms with Crippen molar-refractivity contribution in [3.63, 3.8) is 0 Å². The summed E-state index contributed by atoms with van der Waals surface area (Å²) in [5.74, 6) is 0. The molecule has 0 amide bonds. The fraction of sp³-hybridized carbons (Fsp3) is 1.00. The molecule has 0 radical (unpaired) electrons. The van der Waals surface area contributed by atoms with Crippen LogP contribution in [0.1, 0.15) is 20.3 Å². The van der Waals surface area contributed by atoms with Crippen molar-refractivity contribution in [3.8, 4) is 0 Å². The van der Waals surface area contributed by atoms with E-state index in [4.69, 9.17) is 0 Å².